The predicted molar refractivity (Wildman–Crippen MR) is 95.6 cm³/mol. The summed E-state index contributed by atoms with van der Waals surface area (Å²) in [5, 5.41) is 2.68. The molecule has 0 N–H and O–H groups in total. The van der Waals surface area contributed by atoms with E-state index in [0.717, 1.165) is 16.5 Å². The summed E-state index contributed by atoms with van der Waals surface area (Å²) >= 11 is 11.8. The second-order valence-electron chi connectivity index (χ2n) is 5.08. The third kappa shape index (κ3) is 3.16. The van der Waals surface area contributed by atoms with E-state index >= 15 is 0 Å². The van der Waals surface area contributed by atoms with Gasteiger partial charge in [-0.1, -0.05) is 53.5 Å². The molecular weight excluding hydrogens is 331 g/mol. The van der Waals surface area contributed by atoms with E-state index in [4.69, 9.17) is 23.2 Å². The highest BCUT2D eigenvalue weighted by Crippen LogP contribution is 2.25. The third-order valence-corrected chi connectivity index (χ3v) is 4.34. The number of aromatic nitrogens is 1. The van der Waals surface area contributed by atoms with Gasteiger partial charge < -0.3 is 4.90 Å². The molecule has 0 radical (unpaired) electrons. The van der Waals surface area contributed by atoms with Gasteiger partial charge in [0.1, 0.15) is 5.15 Å². The van der Waals surface area contributed by atoms with Gasteiger partial charge in [0.2, 0.25) is 0 Å². The second kappa shape index (κ2) is 6.57. The largest absolute Gasteiger partial charge is 0.309 e. The number of carbonyl (C=O) groups excluding carboxylic acids is 1. The highest BCUT2D eigenvalue weighted by Gasteiger charge is 2.18. The molecule has 3 nitrogen and oxygen atoms in total. The van der Waals surface area contributed by atoms with E-state index in [0.29, 0.717) is 12.1 Å². The molecule has 0 aliphatic heterocycles. The van der Waals surface area contributed by atoms with Crippen molar-refractivity contribution in [2.45, 2.75) is 6.92 Å². The molecule has 1 heterocycles. The van der Waals surface area contributed by atoms with Crippen LogP contribution < -0.4 is 4.90 Å². The molecule has 2 aromatic carbocycles. The summed E-state index contributed by atoms with van der Waals surface area (Å²) in [4.78, 5) is 18.4. The van der Waals surface area contributed by atoms with Crippen LogP contribution in [0.4, 0.5) is 5.69 Å². The lowest BCUT2D eigenvalue weighted by atomic mass is 10.1. The van der Waals surface area contributed by atoms with Gasteiger partial charge in [0.15, 0.2) is 0 Å². The van der Waals surface area contributed by atoms with Gasteiger partial charge in [-0.3, -0.25) is 4.79 Å². The molecule has 0 bridgehead atoms. The summed E-state index contributed by atoms with van der Waals surface area (Å²) in [6.45, 7) is 2.47. The van der Waals surface area contributed by atoms with Crippen molar-refractivity contribution in [2.75, 3.05) is 11.4 Å². The molecule has 0 aliphatic rings. The number of pyridine rings is 1. The molecule has 3 aromatic rings. The lowest BCUT2D eigenvalue weighted by molar-refractivity contribution is 0.0988. The van der Waals surface area contributed by atoms with Gasteiger partial charge >= 0.3 is 0 Å². The number of amides is 1. The van der Waals surface area contributed by atoms with E-state index < -0.39 is 0 Å². The minimum absolute atomic E-state index is 0.158. The molecule has 116 valence electrons. The summed E-state index contributed by atoms with van der Waals surface area (Å²) in [6.07, 6.45) is 1.44. The molecule has 0 spiro atoms. The first-order valence-corrected chi connectivity index (χ1v) is 7.97. The maximum Gasteiger partial charge on any atom is 0.259 e. The van der Waals surface area contributed by atoms with Crippen molar-refractivity contribution >= 4 is 45.6 Å². The second-order valence-corrected chi connectivity index (χ2v) is 5.84. The van der Waals surface area contributed by atoms with Gasteiger partial charge in [-0.15, -0.1) is 0 Å². The van der Waals surface area contributed by atoms with E-state index in [2.05, 4.69) is 4.98 Å². The Balaban J connectivity index is 1.99. The Bertz CT molecular complexity index is 880. The monoisotopic (exact) mass is 344 g/mol. The van der Waals surface area contributed by atoms with Gasteiger partial charge in [-0.2, -0.15) is 0 Å². The van der Waals surface area contributed by atoms with E-state index in [-0.39, 0.29) is 16.1 Å². The van der Waals surface area contributed by atoms with Crippen molar-refractivity contribution in [3.8, 4) is 0 Å². The lowest BCUT2D eigenvalue weighted by Gasteiger charge is -2.21. The number of hydrogen-bond donors (Lipinski definition) is 0. The summed E-state index contributed by atoms with van der Waals surface area (Å²) in [5.74, 6) is -0.158. The van der Waals surface area contributed by atoms with Crippen LogP contribution in [0, 0.1) is 0 Å². The average Bonchev–Trinajstić information content (AvgIpc) is 2.57. The minimum Gasteiger partial charge on any atom is -0.309 e. The van der Waals surface area contributed by atoms with Crippen LogP contribution >= 0.6 is 23.2 Å². The van der Waals surface area contributed by atoms with Crippen LogP contribution in [0.25, 0.3) is 10.8 Å². The Hall–Kier alpha value is -2.10. The first-order chi connectivity index (χ1) is 11.1. The number of halogens is 2. The quantitative estimate of drug-likeness (QED) is 0.611. The predicted octanol–water partition coefficient (Wildman–Crippen LogP) is 5.21. The van der Waals surface area contributed by atoms with E-state index in [1.54, 1.807) is 11.0 Å². The van der Waals surface area contributed by atoms with Crippen molar-refractivity contribution in [1.29, 1.82) is 0 Å². The molecule has 3 rings (SSSR count). The van der Waals surface area contributed by atoms with Crippen LogP contribution in [0.5, 0.6) is 0 Å². The summed E-state index contributed by atoms with van der Waals surface area (Å²) in [6, 6.07) is 15.5. The zero-order chi connectivity index (χ0) is 16.4. The van der Waals surface area contributed by atoms with Crippen LogP contribution in [-0.4, -0.2) is 17.4 Å². The van der Waals surface area contributed by atoms with Gasteiger partial charge in [-0.25, -0.2) is 4.98 Å². The number of hydrogen-bond acceptors (Lipinski definition) is 2. The van der Waals surface area contributed by atoms with Crippen LogP contribution in [0.15, 0.2) is 54.7 Å². The maximum absolute atomic E-state index is 12.8. The third-order valence-electron chi connectivity index (χ3n) is 3.65. The summed E-state index contributed by atoms with van der Waals surface area (Å²) in [7, 11) is 0. The van der Waals surface area contributed by atoms with E-state index in [1.807, 2.05) is 49.4 Å². The molecule has 0 saturated carbocycles. The number of nitrogens with zero attached hydrogens (tertiary/aromatic N) is 2. The maximum atomic E-state index is 12.8. The molecule has 23 heavy (non-hydrogen) atoms. The van der Waals surface area contributed by atoms with Crippen LogP contribution in [0.1, 0.15) is 17.3 Å². The van der Waals surface area contributed by atoms with E-state index in [1.165, 1.54) is 6.20 Å². The topological polar surface area (TPSA) is 33.2 Å². The first kappa shape index (κ1) is 15.8. The van der Waals surface area contributed by atoms with Crippen LogP contribution in [-0.2, 0) is 0 Å². The van der Waals surface area contributed by atoms with Crippen molar-refractivity contribution < 1.29 is 4.79 Å². The number of anilines is 1. The normalized spacial score (nSPS) is 10.7. The summed E-state index contributed by atoms with van der Waals surface area (Å²) in [5.41, 5.74) is 1.25. The zero-order valence-corrected chi connectivity index (χ0v) is 14.0. The zero-order valence-electron chi connectivity index (χ0n) is 12.5. The van der Waals surface area contributed by atoms with Crippen LogP contribution in [0.3, 0.4) is 0 Å². The smallest absolute Gasteiger partial charge is 0.259 e. The summed E-state index contributed by atoms with van der Waals surface area (Å²) < 4.78 is 0. The average molecular weight is 345 g/mol. The minimum atomic E-state index is -0.158. The number of rotatable bonds is 3. The van der Waals surface area contributed by atoms with Gasteiger partial charge in [-0.05, 0) is 35.9 Å². The molecule has 0 saturated heterocycles. The molecule has 0 fully saturated rings. The van der Waals surface area contributed by atoms with Gasteiger partial charge in [0.05, 0.1) is 10.6 Å². The first-order valence-electron chi connectivity index (χ1n) is 7.22. The number of carbonyl (C=O) groups is 1. The fraction of sp³-hybridized carbons (Fsp3) is 0.111. The Morgan fingerprint density at radius 1 is 1.09 bits per heavy atom. The fourth-order valence-electron chi connectivity index (χ4n) is 2.48. The van der Waals surface area contributed by atoms with Crippen molar-refractivity contribution in [1.82, 2.24) is 4.98 Å². The van der Waals surface area contributed by atoms with Crippen LogP contribution in [0.2, 0.25) is 10.2 Å². The van der Waals surface area contributed by atoms with E-state index in [9.17, 15) is 4.79 Å². The molecule has 0 atom stereocenters. The Labute approximate surface area is 144 Å². The van der Waals surface area contributed by atoms with Crippen molar-refractivity contribution in [3.63, 3.8) is 0 Å². The number of benzene rings is 2. The SMILES string of the molecule is CCN(C(=O)c1cnc(Cl)c(Cl)c1)c1ccc2ccccc2c1. The molecule has 5 heteroatoms. The highest BCUT2D eigenvalue weighted by molar-refractivity contribution is 6.41. The molecular formula is C18H14Cl2N2O. The Kier molecular flexibility index (Phi) is 4.51. The molecule has 0 aliphatic carbocycles. The van der Waals surface area contributed by atoms with Crippen molar-refractivity contribution in [2.24, 2.45) is 0 Å². The molecule has 0 unspecified atom stereocenters. The Morgan fingerprint density at radius 2 is 1.83 bits per heavy atom. The Morgan fingerprint density at radius 3 is 2.52 bits per heavy atom. The van der Waals surface area contributed by atoms with Gasteiger partial charge in [0.25, 0.3) is 5.91 Å². The molecule has 1 aromatic heterocycles. The molecule has 1 amide bonds. The lowest BCUT2D eigenvalue weighted by Crippen LogP contribution is -2.30. The standard InChI is InChI=1S/C18H14Cl2N2O/c1-2-22(18(23)14-10-16(19)17(20)21-11-14)15-8-7-12-5-3-4-6-13(12)9-15/h3-11H,2H2,1H3. The highest BCUT2D eigenvalue weighted by atomic mass is 35.5. The van der Waals surface area contributed by atoms with Gasteiger partial charge in [0, 0.05) is 18.4 Å². The van der Waals surface area contributed by atoms with Crippen molar-refractivity contribution in [3.05, 3.63) is 70.5 Å². The number of fused-ring (bicyclic) bond motifs is 1. The fourth-order valence-corrected chi connectivity index (χ4v) is 2.75.